The number of carbonyl (C=O) groups is 4. The Labute approximate surface area is 351 Å². The molecule has 11 rings (SSSR count). The van der Waals surface area contributed by atoms with Crippen LogP contribution in [0.4, 0.5) is 17.3 Å². The molecule has 0 fully saturated rings. The smallest absolute Gasteiger partial charge is 0.231 e. The average Bonchev–Trinajstić information content (AvgIpc) is 3.25. The van der Waals surface area contributed by atoms with Crippen LogP contribution >= 0.6 is 31.9 Å². The molecule has 0 aliphatic heterocycles. The van der Waals surface area contributed by atoms with Crippen molar-refractivity contribution in [3.05, 3.63) is 183 Å². The fraction of sp³-hybridized carbons (Fsp3) is 0. The van der Waals surface area contributed by atoms with Crippen LogP contribution in [0.5, 0.6) is 0 Å². The molecule has 3 heterocycles. The molecule has 0 saturated heterocycles. The van der Waals surface area contributed by atoms with Gasteiger partial charge in [-0.25, -0.2) is 15.0 Å². The maximum Gasteiger partial charge on any atom is 0.231 e. The molecule has 3 aromatic heterocycles. The van der Waals surface area contributed by atoms with Crippen LogP contribution in [0.2, 0.25) is 0 Å². The second-order valence-corrected chi connectivity index (χ2v) is 16.1. The number of fused-ring (bicyclic) bond motifs is 10. The Kier molecular flexibility index (Phi) is 7.73. The Morgan fingerprint density at radius 3 is 1.53 bits per heavy atom. The third-order valence-corrected chi connectivity index (χ3v) is 11.9. The van der Waals surface area contributed by atoms with E-state index in [2.05, 4.69) is 62.1 Å². The van der Waals surface area contributed by atoms with Crippen LogP contribution in [0, 0.1) is 0 Å². The van der Waals surface area contributed by atoms with Crippen molar-refractivity contribution in [3.63, 3.8) is 0 Å². The molecular formula is C45H21Br2N7O6. The highest BCUT2D eigenvalue weighted by Gasteiger charge is 2.36. The van der Waals surface area contributed by atoms with Crippen molar-refractivity contribution in [1.29, 1.82) is 0 Å². The van der Waals surface area contributed by atoms with Crippen LogP contribution in [-0.4, -0.2) is 48.1 Å². The molecule has 6 aromatic carbocycles. The van der Waals surface area contributed by atoms with Gasteiger partial charge in [0.1, 0.15) is 6.33 Å². The van der Waals surface area contributed by atoms with Crippen molar-refractivity contribution in [2.75, 3.05) is 5.32 Å². The maximum atomic E-state index is 14.3. The van der Waals surface area contributed by atoms with Crippen LogP contribution in [0.1, 0.15) is 63.7 Å². The molecule has 60 heavy (non-hydrogen) atoms. The van der Waals surface area contributed by atoms with E-state index in [1.165, 1.54) is 18.5 Å². The first-order valence-corrected chi connectivity index (χ1v) is 19.9. The summed E-state index contributed by atoms with van der Waals surface area (Å²) >= 11 is 6.86. The van der Waals surface area contributed by atoms with Gasteiger partial charge in [0, 0.05) is 63.8 Å². The molecule has 286 valence electrons. The van der Waals surface area contributed by atoms with Crippen molar-refractivity contribution in [3.8, 4) is 0 Å². The lowest BCUT2D eigenvalue weighted by molar-refractivity contribution is 0.0980. The zero-order chi connectivity index (χ0) is 41.1. The second-order valence-electron chi connectivity index (χ2n) is 14.3. The zero-order valence-corrected chi connectivity index (χ0v) is 33.5. The van der Waals surface area contributed by atoms with Crippen molar-refractivity contribution in [1.82, 2.24) is 24.9 Å². The van der Waals surface area contributed by atoms with Crippen molar-refractivity contribution < 1.29 is 19.2 Å². The number of hydrogen-bond acceptors (Lipinski definition) is 10. The summed E-state index contributed by atoms with van der Waals surface area (Å²) in [6.07, 6.45) is 1.18. The zero-order valence-electron chi connectivity index (χ0n) is 30.4. The normalized spacial score (nSPS) is 13.5. The number of ketones is 4. The Morgan fingerprint density at radius 2 is 0.983 bits per heavy atom. The molecule has 0 radical (unpaired) electrons. The Morgan fingerprint density at radius 1 is 0.500 bits per heavy atom. The summed E-state index contributed by atoms with van der Waals surface area (Å²) in [6, 6.07) is 26.2. The minimum absolute atomic E-state index is 0.000279. The fourth-order valence-electron chi connectivity index (χ4n) is 8.23. The van der Waals surface area contributed by atoms with Crippen LogP contribution in [0.15, 0.2) is 127 Å². The summed E-state index contributed by atoms with van der Waals surface area (Å²) in [6.45, 7) is 0. The van der Waals surface area contributed by atoms with E-state index in [9.17, 15) is 28.8 Å². The molecule has 2 aliphatic carbocycles. The summed E-state index contributed by atoms with van der Waals surface area (Å²) in [5.41, 5.74) is 1.42. The topological polar surface area (TPSA) is 200 Å². The number of benzene rings is 6. The summed E-state index contributed by atoms with van der Waals surface area (Å²) < 4.78 is 1.35. The molecule has 0 saturated carbocycles. The van der Waals surface area contributed by atoms with Gasteiger partial charge in [0.15, 0.2) is 34.0 Å². The van der Waals surface area contributed by atoms with E-state index >= 15 is 0 Å². The van der Waals surface area contributed by atoms with Gasteiger partial charge in [-0.05, 0) is 48.5 Å². The summed E-state index contributed by atoms with van der Waals surface area (Å²) in [5, 5.41) is 4.08. The number of halogens is 2. The number of H-pyrrole nitrogens is 3. The number of aromatic amines is 3. The van der Waals surface area contributed by atoms with E-state index in [-0.39, 0.29) is 100 Å². The van der Waals surface area contributed by atoms with Crippen LogP contribution in [0.3, 0.4) is 0 Å². The van der Waals surface area contributed by atoms with Gasteiger partial charge in [-0.15, -0.1) is 0 Å². The molecule has 0 unspecified atom stereocenters. The van der Waals surface area contributed by atoms with Gasteiger partial charge in [0.2, 0.25) is 11.6 Å². The van der Waals surface area contributed by atoms with Gasteiger partial charge in [-0.3, -0.25) is 33.8 Å². The van der Waals surface area contributed by atoms with Gasteiger partial charge in [-0.2, -0.15) is 0 Å². The highest BCUT2D eigenvalue weighted by atomic mass is 79.9. The molecular weight excluding hydrogens is 894 g/mol. The molecule has 15 heteroatoms. The van der Waals surface area contributed by atoms with Crippen LogP contribution < -0.4 is 21.8 Å². The molecule has 0 atom stereocenters. The first-order valence-electron chi connectivity index (χ1n) is 18.3. The van der Waals surface area contributed by atoms with Gasteiger partial charge in [-0.1, -0.05) is 80.4 Å². The monoisotopic (exact) mass is 913 g/mol. The minimum atomic E-state index is -0.471. The molecule has 9 aromatic rings. The third kappa shape index (κ3) is 5.19. The lowest BCUT2D eigenvalue weighted by atomic mass is 9.81. The first kappa shape index (κ1) is 35.7. The molecule has 0 amide bonds. The van der Waals surface area contributed by atoms with Gasteiger partial charge >= 0.3 is 0 Å². The quantitative estimate of drug-likeness (QED) is 0.128. The maximum absolute atomic E-state index is 14.3. The van der Waals surface area contributed by atoms with Crippen molar-refractivity contribution in [2.45, 2.75) is 0 Å². The van der Waals surface area contributed by atoms with E-state index in [1.54, 1.807) is 84.9 Å². The predicted octanol–water partition coefficient (Wildman–Crippen LogP) is 7.85. The van der Waals surface area contributed by atoms with E-state index in [4.69, 9.17) is 4.99 Å². The Bertz CT molecular complexity index is 3760. The summed E-state index contributed by atoms with van der Waals surface area (Å²) in [4.78, 5) is 108. The predicted molar refractivity (Wildman–Crippen MR) is 231 cm³/mol. The Hall–Kier alpha value is -7.49. The van der Waals surface area contributed by atoms with E-state index in [1.807, 2.05) is 0 Å². The molecule has 4 N–H and O–H groups in total. The highest BCUT2D eigenvalue weighted by Crippen LogP contribution is 2.39. The molecule has 13 nitrogen and oxygen atoms in total. The van der Waals surface area contributed by atoms with Crippen molar-refractivity contribution in [2.24, 2.45) is 4.99 Å². The van der Waals surface area contributed by atoms with Gasteiger partial charge in [0.05, 0.1) is 44.7 Å². The number of pyridine rings is 2. The lowest BCUT2D eigenvalue weighted by Gasteiger charge is -2.22. The molecule has 0 spiro atoms. The van der Waals surface area contributed by atoms with Gasteiger partial charge in [0.25, 0.3) is 0 Å². The standard InChI is InChI=1S/C45H21Br2N7O6/c46-18-9-11-28-24(13-18)38(55)26-15-30(32-34(36(26)50-28)42(59)22-7-3-1-5-20(22)40(32)57)52-44-48-17-49-45(54-44)53-31-16-27-37(51-29-12-10-19(47)14-25(29)39(27)56)35-33(31)41(58)21-6-2-4-8-23(21)43(35)60/h1-17H,(H,50,55)(H,51,56)(H2,48,49,52,53,54). The van der Waals surface area contributed by atoms with Gasteiger partial charge < -0.3 is 15.3 Å². The van der Waals surface area contributed by atoms with Crippen LogP contribution in [-0.2, 0) is 0 Å². The molecule has 2 aliphatic rings. The van der Waals surface area contributed by atoms with E-state index in [0.717, 1.165) is 0 Å². The number of hydrogen-bond donors (Lipinski definition) is 4. The SMILES string of the molecule is O=C1c2ccccc2C(=O)c2c1c(N=c1ncnc(Nc3cc4c(=O)c5cc(Br)ccc5[nH]c4c4c3C(=O)c3ccccc3C4=O)[nH]1)cc1c(=O)c3cc(Br)ccc3[nH]c21. The minimum Gasteiger partial charge on any atom is -0.354 e. The third-order valence-electron chi connectivity index (χ3n) is 10.9. The number of anilines is 2. The highest BCUT2D eigenvalue weighted by molar-refractivity contribution is 9.10. The van der Waals surface area contributed by atoms with Crippen molar-refractivity contribution >= 4 is 116 Å². The number of carbonyl (C=O) groups excluding carboxylic acids is 4. The lowest BCUT2D eigenvalue weighted by Crippen LogP contribution is -2.24. The average molecular weight is 916 g/mol. The van der Waals surface area contributed by atoms with E-state index < -0.39 is 23.1 Å². The van der Waals surface area contributed by atoms with E-state index in [0.29, 0.717) is 30.8 Å². The largest absolute Gasteiger partial charge is 0.354 e. The number of aromatic nitrogens is 5. The fourth-order valence-corrected chi connectivity index (χ4v) is 8.96. The second kappa shape index (κ2) is 13.0. The molecule has 0 bridgehead atoms. The summed E-state index contributed by atoms with van der Waals surface area (Å²) in [7, 11) is 0. The van der Waals surface area contributed by atoms with Crippen LogP contribution in [0.25, 0.3) is 43.6 Å². The Balaban J connectivity index is 1.12. The number of nitrogens with one attached hydrogen (secondary N) is 4. The number of rotatable bonds is 3. The number of nitrogens with zero attached hydrogens (tertiary/aromatic N) is 3. The first-order chi connectivity index (χ1) is 29.0. The summed E-state index contributed by atoms with van der Waals surface area (Å²) in [5.74, 6) is -1.82.